The third-order valence-electron chi connectivity index (χ3n) is 2.57. The lowest BCUT2D eigenvalue weighted by Crippen LogP contribution is -2.36. The number of hydrogen-bond donors (Lipinski definition) is 2. The molecule has 0 bridgehead atoms. The maximum atomic E-state index is 9.74. The first-order valence-electron chi connectivity index (χ1n) is 4.80. The van der Waals surface area contributed by atoms with Gasteiger partial charge in [0.25, 0.3) is 0 Å². The van der Waals surface area contributed by atoms with Gasteiger partial charge < -0.3 is 10.5 Å². The summed E-state index contributed by atoms with van der Waals surface area (Å²) < 4.78 is 0. The molecule has 0 aromatic rings. The molecule has 0 saturated carbocycles. The van der Waals surface area contributed by atoms with Gasteiger partial charge in [-0.1, -0.05) is 24.3 Å². The Labute approximate surface area is 84.0 Å². The maximum Gasteiger partial charge on any atom is 0.182 e. The Kier molecular flexibility index (Phi) is 4.58. The molecule has 0 spiro atoms. The third-order valence-corrected chi connectivity index (χ3v) is 8.16. The SMILES string of the molecule is C=C(CN)[Si](C)(C)CC[Si](C)(C)O. The molecule has 13 heavy (non-hydrogen) atoms. The van der Waals surface area contributed by atoms with Gasteiger partial charge in [0.05, 0.1) is 8.07 Å². The van der Waals surface area contributed by atoms with Gasteiger partial charge in [-0.05, 0) is 19.1 Å². The van der Waals surface area contributed by atoms with Crippen LogP contribution in [0.5, 0.6) is 0 Å². The molecule has 0 atom stereocenters. The van der Waals surface area contributed by atoms with Gasteiger partial charge in [0.2, 0.25) is 0 Å². The van der Waals surface area contributed by atoms with Crippen LogP contribution in [0.1, 0.15) is 0 Å². The van der Waals surface area contributed by atoms with Gasteiger partial charge in [0, 0.05) is 6.54 Å². The summed E-state index contributed by atoms with van der Waals surface area (Å²) in [5, 5.41) is 1.21. The lowest BCUT2D eigenvalue weighted by atomic mass is 10.6. The van der Waals surface area contributed by atoms with Gasteiger partial charge in [-0.15, -0.1) is 6.58 Å². The minimum absolute atomic E-state index is 0.604. The Bertz CT molecular complexity index is 185. The second kappa shape index (κ2) is 4.55. The van der Waals surface area contributed by atoms with E-state index in [9.17, 15) is 4.80 Å². The normalized spacial score (nSPS) is 13.1. The second-order valence-electron chi connectivity index (χ2n) is 5.00. The van der Waals surface area contributed by atoms with Crippen molar-refractivity contribution in [1.82, 2.24) is 0 Å². The Morgan fingerprint density at radius 1 is 1.23 bits per heavy atom. The van der Waals surface area contributed by atoms with Crippen LogP contribution in [0.3, 0.4) is 0 Å². The fourth-order valence-electron chi connectivity index (χ4n) is 1.07. The molecule has 4 heteroatoms. The van der Waals surface area contributed by atoms with Crippen LogP contribution in [-0.4, -0.2) is 27.7 Å². The van der Waals surface area contributed by atoms with Crippen molar-refractivity contribution in [3.63, 3.8) is 0 Å². The number of rotatable bonds is 5. The highest BCUT2D eigenvalue weighted by atomic mass is 28.4. The van der Waals surface area contributed by atoms with Crippen molar-refractivity contribution in [1.29, 1.82) is 0 Å². The lowest BCUT2D eigenvalue weighted by Gasteiger charge is -2.26. The van der Waals surface area contributed by atoms with Crippen molar-refractivity contribution in [2.45, 2.75) is 38.3 Å². The van der Waals surface area contributed by atoms with Gasteiger partial charge >= 0.3 is 0 Å². The zero-order valence-corrected chi connectivity index (χ0v) is 11.4. The molecule has 0 aromatic heterocycles. The molecule has 0 aliphatic carbocycles. The molecule has 0 heterocycles. The lowest BCUT2D eigenvalue weighted by molar-refractivity contribution is 0.551. The molecule has 0 rings (SSSR count). The summed E-state index contributed by atoms with van der Waals surface area (Å²) >= 11 is 0. The Balaban J connectivity index is 4.11. The Morgan fingerprint density at radius 2 is 1.69 bits per heavy atom. The molecule has 78 valence electrons. The molecule has 0 saturated heterocycles. The average Bonchev–Trinajstić information content (AvgIpc) is 1.98. The van der Waals surface area contributed by atoms with Gasteiger partial charge in [0.1, 0.15) is 0 Å². The largest absolute Gasteiger partial charge is 0.432 e. The summed E-state index contributed by atoms with van der Waals surface area (Å²) in [7, 11) is -3.23. The summed E-state index contributed by atoms with van der Waals surface area (Å²) in [6.45, 7) is 13.2. The molecule has 0 radical (unpaired) electrons. The van der Waals surface area contributed by atoms with Crippen molar-refractivity contribution in [2.24, 2.45) is 5.73 Å². The predicted molar refractivity (Wildman–Crippen MR) is 65.0 cm³/mol. The standard InChI is InChI=1S/C9H23NOSi2/c1-9(8-10)12(2,3)6-7-13(4,5)11/h11H,1,6-8,10H2,2-5H3. The summed E-state index contributed by atoms with van der Waals surface area (Å²) in [6.07, 6.45) is 0. The summed E-state index contributed by atoms with van der Waals surface area (Å²) in [6, 6.07) is 2.10. The van der Waals surface area contributed by atoms with Gasteiger partial charge in [-0.3, -0.25) is 0 Å². The zero-order valence-electron chi connectivity index (χ0n) is 9.35. The molecule has 0 aliphatic rings. The summed E-state index contributed by atoms with van der Waals surface area (Å²) in [4.78, 5) is 9.74. The van der Waals surface area contributed by atoms with Crippen LogP contribution < -0.4 is 5.73 Å². The van der Waals surface area contributed by atoms with Gasteiger partial charge in [-0.25, -0.2) is 0 Å². The van der Waals surface area contributed by atoms with E-state index in [2.05, 4.69) is 19.7 Å². The molecular formula is C9H23NOSi2. The molecule has 0 aliphatic heterocycles. The monoisotopic (exact) mass is 217 g/mol. The fourth-order valence-corrected chi connectivity index (χ4v) is 6.92. The van der Waals surface area contributed by atoms with Crippen LogP contribution in [0.4, 0.5) is 0 Å². The quantitative estimate of drug-likeness (QED) is 0.692. The molecule has 0 unspecified atom stereocenters. The smallest absolute Gasteiger partial charge is 0.182 e. The van der Waals surface area contributed by atoms with Gasteiger partial charge in [0.15, 0.2) is 8.32 Å². The predicted octanol–water partition coefficient (Wildman–Crippen LogP) is 1.95. The van der Waals surface area contributed by atoms with Crippen LogP contribution in [0, 0.1) is 0 Å². The van der Waals surface area contributed by atoms with Crippen molar-refractivity contribution in [3.8, 4) is 0 Å². The molecular weight excluding hydrogens is 194 g/mol. The minimum atomic E-state index is -1.87. The average molecular weight is 217 g/mol. The fraction of sp³-hybridized carbons (Fsp3) is 0.778. The minimum Gasteiger partial charge on any atom is -0.432 e. The molecule has 3 N–H and O–H groups in total. The van der Waals surface area contributed by atoms with E-state index in [1.54, 1.807) is 0 Å². The number of nitrogens with two attached hydrogens (primary N) is 1. The Hall–Kier alpha value is 0.0938. The summed E-state index contributed by atoms with van der Waals surface area (Å²) in [5.74, 6) is 0. The van der Waals surface area contributed by atoms with Crippen molar-refractivity contribution >= 4 is 16.4 Å². The van der Waals surface area contributed by atoms with E-state index in [4.69, 9.17) is 5.73 Å². The van der Waals surface area contributed by atoms with E-state index >= 15 is 0 Å². The van der Waals surface area contributed by atoms with E-state index in [1.165, 1.54) is 5.20 Å². The van der Waals surface area contributed by atoms with E-state index in [0.717, 1.165) is 12.1 Å². The first-order chi connectivity index (χ1) is 5.69. The van der Waals surface area contributed by atoms with Crippen molar-refractivity contribution < 1.29 is 4.80 Å². The highest BCUT2D eigenvalue weighted by Crippen LogP contribution is 2.23. The first kappa shape index (κ1) is 13.1. The molecule has 0 fully saturated rings. The van der Waals surface area contributed by atoms with Crippen LogP contribution in [-0.2, 0) is 0 Å². The van der Waals surface area contributed by atoms with Crippen LogP contribution in [0.15, 0.2) is 11.8 Å². The highest BCUT2D eigenvalue weighted by Gasteiger charge is 2.27. The van der Waals surface area contributed by atoms with E-state index in [0.29, 0.717) is 6.54 Å². The zero-order chi connectivity index (χ0) is 10.7. The molecule has 2 nitrogen and oxygen atoms in total. The topological polar surface area (TPSA) is 46.2 Å². The van der Waals surface area contributed by atoms with E-state index in [-0.39, 0.29) is 0 Å². The number of hydrogen-bond acceptors (Lipinski definition) is 2. The molecule has 0 amide bonds. The highest BCUT2D eigenvalue weighted by molar-refractivity contribution is 6.85. The first-order valence-corrected chi connectivity index (χ1v) is 11.2. The molecule has 0 aromatic carbocycles. The maximum absolute atomic E-state index is 9.74. The van der Waals surface area contributed by atoms with Crippen molar-refractivity contribution in [3.05, 3.63) is 11.8 Å². The summed E-state index contributed by atoms with van der Waals surface area (Å²) in [5.41, 5.74) is 5.58. The van der Waals surface area contributed by atoms with Crippen LogP contribution >= 0.6 is 0 Å². The van der Waals surface area contributed by atoms with Crippen LogP contribution in [0.25, 0.3) is 0 Å². The van der Waals surface area contributed by atoms with Crippen LogP contribution in [0.2, 0.25) is 38.3 Å². The Morgan fingerprint density at radius 3 is 2.00 bits per heavy atom. The second-order valence-corrected chi connectivity index (χ2v) is 14.1. The third kappa shape index (κ3) is 5.41. The van der Waals surface area contributed by atoms with E-state index < -0.39 is 16.4 Å². The van der Waals surface area contributed by atoms with Crippen molar-refractivity contribution in [2.75, 3.05) is 6.54 Å². The van der Waals surface area contributed by atoms with Gasteiger partial charge in [-0.2, -0.15) is 0 Å². The van der Waals surface area contributed by atoms with E-state index in [1.807, 2.05) is 13.1 Å².